The van der Waals surface area contributed by atoms with Gasteiger partial charge in [0.05, 0.1) is 12.8 Å². The lowest BCUT2D eigenvalue weighted by atomic mass is 10.3. The summed E-state index contributed by atoms with van der Waals surface area (Å²) >= 11 is 5.10. The summed E-state index contributed by atoms with van der Waals surface area (Å²) in [6, 6.07) is 14.0. The van der Waals surface area contributed by atoms with Crippen LogP contribution in [-0.4, -0.2) is 7.11 Å². The van der Waals surface area contributed by atoms with E-state index in [-0.39, 0.29) is 0 Å². The molecule has 0 bridgehead atoms. The van der Waals surface area contributed by atoms with Crippen molar-refractivity contribution in [1.29, 1.82) is 0 Å². The topological polar surface area (TPSA) is 35.2 Å². The van der Waals surface area contributed by atoms with E-state index in [1.165, 1.54) is 4.90 Å². The van der Waals surface area contributed by atoms with Crippen molar-refractivity contribution in [2.45, 2.75) is 9.79 Å². The second-order valence-corrected chi connectivity index (χ2v) is 5.52. The van der Waals surface area contributed by atoms with Crippen LogP contribution in [0.1, 0.15) is 0 Å². The third-order valence-electron chi connectivity index (χ3n) is 2.25. The van der Waals surface area contributed by atoms with Crippen LogP contribution in [0.3, 0.4) is 0 Å². The van der Waals surface area contributed by atoms with Gasteiger partial charge in [0.2, 0.25) is 0 Å². The molecule has 0 atom stereocenters. The zero-order chi connectivity index (χ0) is 12.3. The summed E-state index contributed by atoms with van der Waals surface area (Å²) in [7, 11) is 1.62. The van der Waals surface area contributed by atoms with Gasteiger partial charge in [0.25, 0.3) is 0 Å². The van der Waals surface area contributed by atoms with E-state index in [0.29, 0.717) is 11.4 Å². The first-order valence-electron chi connectivity index (χ1n) is 5.06. The minimum absolute atomic E-state index is 0.660. The van der Waals surface area contributed by atoms with Gasteiger partial charge in [-0.15, -0.1) is 0 Å². The standard InChI is InChI=1S/C13H12BrNOS/c1-16-13-8-11(6-7-12(13)15)17-10-4-2-9(14)3-5-10/h2-8H,15H2,1H3. The van der Waals surface area contributed by atoms with Crippen molar-refractivity contribution in [3.63, 3.8) is 0 Å². The molecule has 2 rings (SSSR count). The first-order chi connectivity index (χ1) is 8.19. The number of nitrogen functional groups attached to an aromatic ring is 1. The third kappa shape index (κ3) is 3.17. The quantitative estimate of drug-likeness (QED) is 0.863. The number of methoxy groups -OCH3 is 1. The Kier molecular flexibility index (Phi) is 3.97. The van der Waals surface area contributed by atoms with Crippen molar-refractivity contribution in [3.05, 3.63) is 46.9 Å². The van der Waals surface area contributed by atoms with Crippen LogP contribution >= 0.6 is 27.7 Å². The van der Waals surface area contributed by atoms with Gasteiger partial charge in [0, 0.05) is 14.3 Å². The maximum Gasteiger partial charge on any atom is 0.142 e. The first kappa shape index (κ1) is 12.3. The van der Waals surface area contributed by atoms with E-state index in [4.69, 9.17) is 10.5 Å². The molecule has 2 nitrogen and oxygen atoms in total. The number of nitrogens with two attached hydrogens (primary N) is 1. The van der Waals surface area contributed by atoms with Gasteiger partial charge in [-0.3, -0.25) is 0 Å². The molecule has 0 aliphatic heterocycles. The smallest absolute Gasteiger partial charge is 0.142 e. The first-order valence-corrected chi connectivity index (χ1v) is 6.67. The monoisotopic (exact) mass is 309 g/mol. The molecule has 0 radical (unpaired) electrons. The van der Waals surface area contributed by atoms with Gasteiger partial charge >= 0.3 is 0 Å². The third-order valence-corrected chi connectivity index (χ3v) is 3.78. The molecule has 0 saturated heterocycles. The summed E-state index contributed by atoms with van der Waals surface area (Å²) < 4.78 is 6.28. The van der Waals surface area contributed by atoms with Crippen molar-refractivity contribution >= 4 is 33.4 Å². The average molecular weight is 310 g/mol. The van der Waals surface area contributed by atoms with Crippen LogP contribution in [-0.2, 0) is 0 Å². The number of anilines is 1. The molecule has 2 aromatic rings. The van der Waals surface area contributed by atoms with E-state index in [2.05, 4.69) is 28.1 Å². The highest BCUT2D eigenvalue weighted by atomic mass is 79.9. The van der Waals surface area contributed by atoms with E-state index < -0.39 is 0 Å². The molecule has 4 heteroatoms. The average Bonchev–Trinajstić information content (AvgIpc) is 2.34. The zero-order valence-electron chi connectivity index (χ0n) is 9.31. The van der Waals surface area contributed by atoms with Gasteiger partial charge in [-0.25, -0.2) is 0 Å². The Morgan fingerprint density at radius 1 is 1.06 bits per heavy atom. The van der Waals surface area contributed by atoms with Crippen LogP contribution in [0.5, 0.6) is 5.75 Å². The van der Waals surface area contributed by atoms with Crippen LogP contribution in [0.15, 0.2) is 56.7 Å². The van der Waals surface area contributed by atoms with Gasteiger partial charge in [-0.2, -0.15) is 0 Å². The van der Waals surface area contributed by atoms with Gasteiger partial charge < -0.3 is 10.5 Å². The van der Waals surface area contributed by atoms with Gasteiger partial charge in [-0.05, 0) is 42.5 Å². The molecule has 0 spiro atoms. The lowest BCUT2D eigenvalue weighted by Gasteiger charge is -2.07. The Labute approximate surface area is 113 Å². The predicted octanol–water partition coefficient (Wildman–Crippen LogP) is 4.19. The predicted molar refractivity (Wildman–Crippen MR) is 75.7 cm³/mol. The molecule has 0 aliphatic rings. The Morgan fingerprint density at radius 3 is 2.35 bits per heavy atom. The van der Waals surface area contributed by atoms with Gasteiger partial charge in [0.15, 0.2) is 0 Å². The summed E-state index contributed by atoms with van der Waals surface area (Å²) in [6.07, 6.45) is 0. The van der Waals surface area contributed by atoms with Crippen LogP contribution < -0.4 is 10.5 Å². The van der Waals surface area contributed by atoms with Crippen molar-refractivity contribution < 1.29 is 4.74 Å². The highest BCUT2D eigenvalue weighted by molar-refractivity contribution is 9.10. The van der Waals surface area contributed by atoms with Gasteiger partial charge in [0.1, 0.15) is 5.75 Å². The number of benzene rings is 2. The molecule has 0 aromatic heterocycles. The van der Waals surface area contributed by atoms with E-state index in [1.54, 1.807) is 18.9 Å². The number of halogens is 1. The van der Waals surface area contributed by atoms with E-state index in [0.717, 1.165) is 9.37 Å². The minimum atomic E-state index is 0.660. The van der Waals surface area contributed by atoms with Gasteiger partial charge in [-0.1, -0.05) is 27.7 Å². The summed E-state index contributed by atoms with van der Waals surface area (Å²) in [6.45, 7) is 0. The minimum Gasteiger partial charge on any atom is -0.495 e. The van der Waals surface area contributed by atoms with Crippen molar-refractivity contribution in [2.24, 2.45) is 0 Å². The number of ether oxygens (including phenoxy) is 1. The number of rotatable bonds is 3. The lowest BCUT2D eigenvalue weighted by molar-refractivity contribution is 0.416. The largest absolute Gasteiger partial charge is 0.495 e. The molecular weight excluding hydrogens is 298 g/mol. The molecule has 0 aliphatic carbocycles. The van der Waals surface area contributed by atoms with E-state index >= 15 is 0 Å². The second kappa shape index (κ2) is 5.47. The normalized spacial score (nSPS) is 10.2. The number of hydrogen-bond donors (Lipinski definition) is 1. The van der Waals surface area contributed by atoms with Crippen LogP contribution in [0.25, 0.3) is 0 Å². The Morgan fingerprint density at radius 2 is 1.71 bits per heavy atom. The second-order valence-electron chi connectivity index (χ2n) is 3.46. The van der Waals surface area contributed by atoms with Crippen LogP contribution in [0.4, 0.5) is 5.69 Å². The zero-order valence-corrected chi connectivity index (χ0v) is 11.7. The fourth-order valence-electron chi connectivity index (χ4n) is 1.39. The highest BCUT2D eigenvalue weighted by Gasteiger charge is 2.02. The van der Waals surface area contributed by atoms with Crippen LogP contribution in [0.2, 0.25) is 0 Å². The molecule has 0 unspecified atom stereocenters. The molecule has 0 fully saturated rings. The highest BCUT2D eigenvalue weighted by Crippen LogP contribution is 2.33. The fraction of sp³-hybridized carbons (Fsp3) is 0.0769. The van der Waals surface area contributed by atoms with Crippen molar-refractivity contribution in [1.82, 2.24) is 0 Å². The summed E-state index contributed by atoms with van der Waals surface area (Å²) in [4.78, 5) is 2.29. The molecule has 17 heavy (non-hydrogen) atoms. The lowest BCUT2D eigenvalue weighted by Crippen LogP contribution is -1.91. The Balaban J connectivity index is 2.21. The molecule has 2 N–H and O–H groups in total. The molecule has 0 heterocycles. The molecule has 0 amide bonds. The number of hydrogen-bond acceptors (Lipinski definition) is 3. The maximum absolute atomic E-state index is 5.77. The summed E-state index contributed by atoms with van der Waals surface area (Å²) in [5, 5.41) is 0. The van der Waals surface area contributed by atoms with E-state index in [1.807, 2.05) is 30.3 Å². The molecule has 88 valence electrons. The van der Waals surface area contributed by atoms with Crippen molar-refractivity contribution in [2.75, 3.05) is 12.8 Å². The SMILES string of the molecule is COc1cc(Sc2ccc(Br)cc2)ccc1N. The van der Waals surface area contributed by atoms with Crippen molar-refractivity contribution in [3.8, 4) is 5.75 Å². The van der Waals surface area contributed by atoms with Crippen LogP contribution in [0, 0.1) is 0 Å². The van der Waals surface area contributed by atoms with E-state index in [9.17, 15) is 0 Å². The molecular formula is C13H12BrNOS. The Bertz CT molecular complexity index is 513. The Hall–Kier alpha value is -1.13. The molecule has 2 aromatic carbocycles. The maximum atomic E-state index is 5.77. The fourth-order valence-corrected chi connectivity index (χ4v) is 2.50. The summed E-state index contributed by atoms with van der Waals surface area (Å²) in [5.74, 6) is 0.715. The molecule has 0 saturated carbocycles. The summed E-state index contributed by atoms with van der Waals surface area (Å²) in [5.41, 5.74) is 6.43.